The molecule has 0 fully saturated rings. The molecule has 106 valence electrons. The lowest BCUT2D eigenvalue weighted by molar-refractivity contribution is 0.0879. The van der Waals surface area contributed by atoms with Crippen molar-refractivity contribution < 1.29 is 14.4 Å². The summed E-state index contributed by atoms with van der Waals surface area (Å²) in [7, 11) is 0. The van der Waals surface area contributed by atoms with Crippen molar-refractivity contribution in [1.82, 2.24) is 15.1 Å². The molecule has 3 rings (SSSR count). The smallest absolute Gasteiger partial charge is 0.273 e. The first-order chi connectivity index (χ1) is 10.1. The molecule has 0 unspecified atom stereocenters. The molecule has 2 N–H and O–H groups in total. The number of carbonyl (C=O) groups excluding carboxylic acids is 3. The Labute approximate surface area is 119 Å². The number of hydrogen-bond acceptors (Lipinski definition) is 4. The second kappa shape index (κ2) is 4.86. The number of nitrogens with zero attached hydrogens (tertiary/aromatic N) is 2. The van der Waals surface area contributed by atoms with Crippen molar-refractivity contribution in [3.8, 4) is 0 Å². The highest BCUT2D eigenvalue weighted by Crippen LogP contribution is 2.24. The third-order valence-corrected chi connectivity index (χ3v) is 3.26. The standard InChI is InChI=1S/C14H12N4O3/c1-2-18-10(6-7-15-18)13(20)16-9-5-3-4-8-11(9)14(21)17-12(8)19/h3-7H,2H2,1H3,(H,16,20)(H,17,19,21). The lowest BCUT2D eigenvalue weighted by Gasteiger charge is -2.09. The molecule has 0 spiro atoms. The molecule has 0 aliphatic carbocycles. The number of fused-ring (bicyclic) bond motifs is 1. The van der Waals surface area contributed by atoms with Gasteiger partial charge in [-0.1, -0.05) is 6.07 Å². The number of aryl methyl sites for hydroxylation is 1. The first-order valence-corrected chi connectivity index (χ1v) is 6.43. The minimum Gasteiger partial charge on any atom is -0.320 e. The summed E-state index contributed by atoms with van der Waals surface area (Å²) in [5.74, 6) is -1.34. The van der Waals surface area contributed by atoms with Crippen LogP contribution in [0.3, 0.4) is 0 Å². The zero-order chi connectivity index (χ0) is 15.0. The molecule has 0 radical (unpaired) electrons. The van der Waals surface area contributed by atoms with Gasteiger partial charge in [-0.25, -0.2) is 0 Å². The van der Waals surface area contributed by atoms with Crippen LogP contribution in [-0.4, -0.2) is 27.5 Å². The van der Waals surface area contributed by atoms with Crippen LogP contribution in [0.15, 0.2) is 30.5 Å². The van der Waals surface area contributed by atoms with Gasteiger partial charge >= 0.3 is 0 Å². The van der Waals surface area contributed by atoms with Gasteiger partial charge in [-0.2, -0.15) is 5.10 Å². The van der Waals surface area contributed by atoms with E-state index in [0.717, 1.165) is 0 Å². The molecule has 1 aliphatic heterocycles. The zero-order valence-corrected chi connectivity index (χ0v) is 11.2. The number of hydrogen-bond donors (Lipinski definition) is 2. The fraction of sp³-hybridized carbons (Fsp3) is 0.143. The van der Waals surface area contributed by atoms with Gasteiger partial charge < -0.3 is 5.32 Å². The normalized spacial score (nSPS) is 13.0. The Hall–Kier alpha value is -2.96. The molecule has 0 saturated heterocycles. The van der Waals surface area contributed by atoms with Gasteiger partial charge in [-0.15, -0.1) is 0 Å². The van der Waals surface area contributed by atoms with Gasteiger partial charge in [0, 0.05) is 12.7 Å². The zero-order valence-electron chi connectivity index (χ0n) is 11.2. The summed E-state index contributed by atoms with van der Waals surface area (Å²) in [4.78, 5) is 35.6. The molecule has 7 nitrogen and oxygen atoms in total. The van der Waals surface area contributed by atoms with Gasteiger partial charge in [0.15, 0.2) is 0 Å². The maximum absolute atomic E-state index is 12.3. The average molecular weight is 284 g/mol. The fourth-order valence-corrected chi connectivity index (χ4v) is 2.29. The summed E-state index contributed by atoms with van der Waals surface area (Å²) in [5, 5.41) is 8.88. The molecule has 7 heteroatoms. The number of rotatable bonds is 3. The van der Waals surface area contributed by atoms with Crippen molar-refractivity contribution in [2.24, 2.45) is 0 Å². The Morgan fingerprint density at radius 1 is 1.29 bits per heavy atom. The van der Waals surface area contributed by atoms with E-state index < -0.39 is 11.8 Å². The summed E-state index contributed by atoms with van der Waals surface area (Å²) >= 11 is 0. The topological polar surface area (TPSA) is 93.1 Å². The van der Waals surface area contributed by atoms with Crippen LogP contribution in [0.4, 0.5) is 5.69 Å². The third-order valence-electron chi connectivity index (χ3n) is 3.26. The Morgan fingerprint density at radius 3 is 2.86 bits per heavy atom. The third kappa shape index (κ3) is 2.08. The lowest BCUT2D eigenvalue weighted by Crippen LogP contribution is -2.21. The summed E-state index contributed by atoms with van der Waals surface area (Å²) in [6, 6.07) is 6.33. The minimum absolute atomic E-state index is 0.193. The largest absolute Gasteiger partial charge is 0.320 e. The summed E-state index contributed by atoms with van der Waals surface area (Å²) in [5.41, 5.74) is 1.16. The van der Waals surface area contributed by atoms with Gasteiger partial charge in [0.2, 0.25) is 0 Å². The van der Waals surface area contributed by atoms with Crippen LogP contribution < -0.4 is 10.6 Å². The van der Waals surface area contributed by atoms with Crippen molar-refractivity contribution >= 4 is 23.4 Å². The molecule has 0 bridgehead atoms. The maximum Gasteiger partial charge on any atom is 0.273 e. The number of benzene rings is 1. The summed E-state index contributed by atoms with van der Waals surface area (Å²) < 4.78 is 1.55. The summed E-state index contributed by atoms with van der Waals surface area (Å²) in [6.45, 7) is 2.43. The molecule has 2 heterocycles. The Kier molecular flexibility index (Phi) is 3.02. The molecule has 1 aliphatic rings. The number of anilines is 1. The van der Waals surface area contributed by atoms with Gasteiger partial charge in [0.05, 0.1) is 16.8 Å². The van der Waals surface area contributed by atoms with Gasteiger partial charge in [-0.3, -0.25) is 24.4 Å². The second-order valence-corrected chi connectivity index (χ2v) is 4.50. The molecule has 0 atom stereocenters. The number of amides is 3. The number of aromatic nitrogens is 2. The van der Waals surface area contributed by atoms with E-state index in [1.165, 1.54) is 6.20 Å². The van der Waals surface area contributed by atoms with Gasteiger partial charge in [0.1, 0.15) is 5.69 Å². The van der Waals surface area contributed by atoms with E-state index >= 15 is 0 Å². The van der Waals surface area contributed by atoms with Crippen LogP contribution in [0.25, 0.3) is 0 Å². The Bertz CT molecular complexity index is 763. The molecule has 2 aromatic rings. The van der Waals surface area contributed by atoms with Crippen molar-refractivity contribution in [2.75, 3.05) is 5.32 Å². The van der Waals surface area contributed by atoms with E-state index in [0.29, 0.717) is 17.9 Å². The Balaban J connectivity index is 1.95. The number of imide groups is 1. The molecule has 21 heavy (non-hydrogen) atoms. The van der Waals surface area contributed by atoms with Crippen molar-refractivity contribution in [3.63, 3.8) is 0 Å². The average Bonchev–Trinajstić information content (AvgIpc) is 3.05. The van der Waals surface area contributed by atoms with Crippen molar-refractivity contribution in [2.45, 2.75) is 13.5 Å². The van der Waals surface area contributed by atoms with Crippen LogP contribution in [0.1, 0.15) is 38.1 Å². The highest BCUT2D eigenvalue weighted by molar-refractivity contribution is 6.24. The minimum atomic E-state index is -0.505. The number of carbonyl (C=O) groups is 3. The van der Waals surface area contributed by atoms with E-state index in [1.54, 1.807) is 28.9 Å². The predicted octanol–water partition coefficient (Wildman–Crippen LogP) is 1.04. The molecule has 3 amide bonds. The highest BCUT2D eigenvalue weighted by atomic mass is 16.2. The van der Waals surface area contributed by atoms with Gasteiger partial charge in [0.25, 0.3) is 17.7 Å². The van der Waals surface area contributed by atoms with Gasteiger partial charge in [-0.05, 0) is 25.1 Å². The highest BCUT2D eigenvalue weighted by Gasteiger charge is 2.30. The monoisotopic (exact) mass is 284 g/mol. The molecule has 1 aromatic carbocycles. The van der Waals surface area contributed by atoms with Crippen LogP contribution in [0.2, 0.25) is 0 Å². The van der Waals surface area contributed by atoms with Crippen molar-refractivity contribution in [3.05, 3.63) is 47.3 Å². The van der Waals surface area contributed by atoms with Crippen LogP contribution >= 0.6 is 0 Å². The fourth-order valence-electron chi connectivity index (χ4n) is 2.29. The second-order valence-electron chi connectivity index (χ2n) is 4.50. The van der Waals surface area contributed by atoms with Crippen LogP contribution in [0, 0.1) is 0 Å². The van der Waals surface area contributed by atoms with E-state index in [4.69, 9.17) is 0 Å². The van der Waals surface area contributed by atoms with Crippen LogP contribution in [0.5, 0.6) is 0 Å². The maximum atomic E-state index is 12.3. The van der Waals surface area contributed by atoms with E-state index in [1.807, 2.05) is 6.92 Å². The quantitative estimate of drug-likeness (QED) is 0.823. The lowest BCUT2D eigenvalue weighted by atomic mass is 10.1. The first-order valence-electron chi connectivity index (χ1n) is 6.43. The number of nitrogens with one attached hydrogen (secondary N) is 2. The summed E-state index contributed by atoms with van der Waals surface area (Å²) in [6.07, 6.45) is 1.53. The SMILES string of the molecule is CCn1nccc1C(=O)Nc1cccc2c1C(=O)NC2=O. The van der Waals surface area contributed by atoms with Crippen molar-refractivity contribution in [1.29, 1.82) is 0 Å². The Morgan fingerprint density at radius 2 is 2.10 bits per heavy atom. The predicted molar refractivity (Wildman–Crippen MR) is 74.1 cm³/mol. The van der Waals surface area contributed by atoms with E-state index in [9.17, 15) is 14.4 Å². The molecule has 0 saturated carbocycles. The van der Waals surface area contributed by atoms with Crippen LogP contribution in [-0.2, 0) is 6.54 Å². The molecule has 1 aromatic heterocycles. The first kappa shape index (κ1) is 13.0. The molecular weight excluding hydrogens is 272 g/mol. The molecular formula is C14H12N4O3. The van der Waals surface area contributed by atoms with E-state index in [2.05, 4.69) is 15.7 Å². The van der Waals surface area contributed by atoms with E-state index in [-0.39, 0.29) is 17.0 Å².